The van der Waals surface area contributed by atoms with Gasteiger partial charge >= 0.3 is 0 Å². The first-order chi connectivity index (χ1) is 10.2. The molecule has 0 aromatic rings. The van der Waals surface area contributed by atoms with E-state index in [1.54, 1.807) is 0 Å². The molecule has 128 valence electrons. The minimum absolute atomic E-state index is 0. The molecule has 2 heterocycles. The molecular weight excluding hydrogens is 302 g/mol. The molecular formula is C16H30ClN3O2. The van der Waals surface area contributed by atoms with Gasteiger partial charge in [-0.15, -0.1) is 12.4 Å². The van der Waals surface area contributed by atoms with Gasteiger partial charge in [-0.1, -0.05) is 13.3 Å². The predicted molar refractivity (Wildman–Crippen MR) is 90.1 cm³/mol. The molecule has 2 saturated heterocycles. The van der Waals surface area contributed by atoms with Crippen molar-refractivity contribution in [2.24, 2.45) is 11.8 Å². The van der Waals surface area contributed by atoms with Crippen LogP contribution in [0.4, 0.5) is 0 Å². The Morgan fingerprint density at radius 1 is 1.18 bits per heavy atom. The lowest BCUT2D eigenvalue weighted by atomic mass is 9.92. The van der Waals surface area contributed by atoms with Gasteiger partial charge in [-0.3, -0.25) is 9.59 Å². The molecule has 0 aromatic carbocycles. The lowest BCUT2D eigenvalue weighted by molar-refractivity contribution is -0.140. The van der Waals surface area contributed by atoms with Crippen molar-refractivity contribution in [3.05, 3.63) is 0 Å². The van der Waals surface area contributed by atoms with E-state index < -0.39 is 0 Å². The molecule has 2 fully saturated rings. The average molecular weight is 332 g/mol. The SMILES string of the molecule is CCCCNC(=O)C1CCCN(C(=O)C2CCNCC2)C1.Cl. The molecule has 0 aliphatic carbocycles. The Morgan fingerprint density at radius 2 is 1.91 bits per heavy atom. The summed E-state index contributed by atoms with van der Waals surface area (Å²) in [5, 5.41) is 6.30. The van der Waals surface area contributed by atoms with Crippen LogP contribution in [-0.4, -0.2) is 49.4 Å². The van der Waals surface area contributed by atoms with Crippen molar-refractivity contribution < 1.29 is 9.59 Å². The highest BCUT2D eigenvalue weighted by atomic mass is 35.5. The third-order valence-corrected chi connectivity index (χ3v) is 4.62. The number of piperidine rings is 2. The van der Waals surface area contributed by atoms with Crippen molar-refractivity contribution >= 4 is 24.2 Å². The molecule has 0 bridgehead atoms. The third-order valence-electron chi connectivity index (χ3n) is 4.62. The molecule has 0 aromatic heterocycles. The number of hydrogen-bond acceptors (Lipinski definition) is 3. The van der Waals surface area contributed by atoms with Gasteiger partial charge in [-0.25, -0.2) is 0 Å². The topological polar surface area (TPSA) is 61.4 Å². The Hall–Kier alpha value is -0.810. The molecule has 0 spiro atoms. The lowest BCUT2D eigenvalue weighted by Crippen LogP contribution is -2.48. The number of likely N-dealkylation sites (tertiary alicyclic amines) is 1. The second kappa shape index (κ2) is 10.1. The second-order valence-corrected chi connectivity index (χ2v) is 6.29. The van der Waals surface area contributed by atoms with Gasteiger partial charge in [-0.2, -0.15) is 0 Å². The minimum Gasteiger partial charge on any atom is -0.356 e. The maximum absolute atomic E-state index is 12.5. The number of hydrogen-bond donors (Lipinski definition) is 2. The fraction of sp³-hybridized carbons (Fsp3) is 0.875. The average Bonchev–Trinajstić information content (AvgIpc) is 2.55. The van der Waals surface area contributed by atoms with E-state index in [-0.39, 0.29) is 36.1 Å². The quantitative estimate of drug-likeness (QED) is 0.752. The maximum atomic E-state index is 12.5. The van der Waals surface area contributed by atoms with E-state index >= 15 is 0 Å². The number of halogens is 1. The monoisotopic (exact) mass is 331 g/mol. The van der Waals surface area contributed by atoms with Gasteiger partial charge in [-0.05, 0) is 45.2 Å². The highest BCUT2D eigenvalue weighted by Gasteiger charge is 2.32. The Morgan fingerprint density at radius 3 is 2.59 bits per heavy atom. The summed E-state index contributed by atoms with van der Waals surface area (Å²) in [6.07, 6.45) is 5.84. The molecule has 2 amide bonds. The zero-order valence-corrected chi connectivity index (χ0v) is 14.4. The summed E-state index contributed by atoms with van der Waals surface area (Å²) in [6, 6.07) is 0. The van der Waals surface area contributed by atoms with Crippen molar-refractivity contribution in [1.29, 1.82) is 0 Å². The number of rotatable bonds is 5. The van der Waals surface area contributed by atoms with Crippen LogP contribution in [0.1, 0.15) is 45.4 Å². The Kier molecular flexibility index (Phi) is 8.79. The Bertz CT molecular complexity index is 359. The summed E-state index contributed by atoms with van der Waals surface area (Å²) in [6.45, 7) is 6.18. The normalized spacial score (nSPS) is 22.8. The molecule has 2 N–H and O–H groups in total. The van der Waals surface area contributed by atoms with E-state index in [1.165, 1.54) is 0 Å². The summed E-state index contributed by atoms with van der Waals surface area (Å²) in [4.78, 5) is 26.6. The van der Waals surface area contributed by atoms with Crippen LogP contribution in [0.25, 0.3) is 0 Å². The van der Waals surface area contributed by atoms with Crippen molar-refractivity contribution in [3.8, 4) is 0 Å². The predicted octanol–water partition coefficient (Wildman–Crippen LogP) is 1.56. The van der Waals surface area contributed by atoms with Crippen LogP contribution in [0.15, 0.2) is 0 Å². The van der Waals surface area contributed by atoms with Crippen molar-refractivity contribution in [1.82, 2.24) is 15.5 Å². The fourth-order valence-electron chi connectivity index (χ4n) is 3.25. The molecule has 2 aliphatic heterocycles. The van der Waals surface area contributed by atoms with Gasteiger partial charge in [0, 0.05) is 25.6 Å². The smallest absolute Gasteiger partial charge is 0.225 e. The summed E-state index contributed by atoms with van der Waals surface area (Å²) in [7, 11) is 0. The summed E-state index contributed by atoms with van der Waals surface area (Å²) < 4.78 is 0. The van der Waals surface area contributed by atoms with E-state index in [4.69, 9.17) is 0 Å². The second-order valence-electron chi connectivity index (χ2n) is 6.29. The van der Waals surface area contributed by atoms with E-state index in [0.29, 0.717) is 6.54 Å². The van der Waals surface area contributed by atoms with Gasteiger partial charge in [0.2, 0.25) is 11.8 Å². The van der Waals surface area contributed by atoms with Crippen LogP contribution in [0.5, 0.6) is 0 Å². The third kappa shape index (κ3) is 5.43. The van der Waals surface area contributed by atoms with Gasteiger partial charge in [0.15, 0.2) is 0 Å². The van der Waals surface area contributed by atoms with Gasteiger partial charge in [0.05, 0.1) is 5.92 Å². The van der Waals surface area contributed by atoms with Crippen LogP contribution in [0.3, 0.4) is 0 Å². The van der Waals surface area contributed by atoms with E-state index in [0.717, 1.165) is 64.7 Å². The zero-order valence-electron chi connectivity index (χ0n) is 13.6. The van der Waals surface area contributed by atoms with E-state index in [2.05, 4.69) is 17.6 Å². The van der Waals surface area contributed by atoms with Gasteiger partial charge < -0.3 is 15.5 Å². The van der Waals surface area contributed by atoms with Crippen molar-refractivity contribution in [3.63, 3.8) is 0 Å². The highest BCUT2D eigenvalue weighted by Crippen LogP contribution is 2.22. The number of unbranched alkanes of at least 4 members (excludes halogenated alkanes) is 1. The molecule has 2 rings (SSSR count). The lowest BCUT2D eigenvalue weighted by Gasteiger charge is -2.35. The fourth-order valence-corrected chi connectivity index (χ4v) is 3.25. The number of nitrogens with one attached hydrogen (secondary N) is 2. The first kappa shape index (κ1) is 19.2. The van der Waals surface area contributed by atoms with Crippen LogP contribution in [-0.2, 0) is 9.59 Å². The first-order valence-electron chi connectivity index (χ1n) is 8.49. The van der Waals surface area contributed by atoms with Crippen molar-refractivity contribution in [2.75, 3.05) is 32.7 Å². The number of carbonyl (C=O) groups is 2. The van der Waals surface area contributed by atoms with E-state index in [9.17, 15) is 9.59 Å². The van der Waals surface area contributed by atoms with Crippen LogP contribution in [0.2, 0.25) is 0 Å². The molecule has 1 atom stereocenters. The number of amides is 2. The van der Waals surface area contributed by atoms with Gasteiger partial charge in [0.1, 0.15) is 0 Å². The zero-order chi connectivity index (χ0) is 15.1. The summed E-state index contributed by atoms with van der Waals surface area (Å²) in [5.74, 6) is 0.545. The Balaban J connectivity index is 0.00000242. The molecule has 0 saturated carbocycles. The summed E-state index contributed by atoms with van der Waals surface area (Å²) in [5.41, 5.74) is 0. The number of carbonyl (C=O) groups excluding carboxylic acids is 2. The first-order valence-corrected chi connectivity index (χ1v) is 8.49. The van der Waals surface area contributed by atoms with Gasteiger partial charge in [0.25, 0.3) is 0 Å². The molecule has 0 radical (unpaired) electrons. The molecule has 1 unspecified atom stereocenters. The maximum Gasteiger partial charge on any atom is 0.225 e. The van der Waals surface area contributed by atoms with Crippen LogP contribution in [0, 0.1) is 11.8 Å². The largest absolute Gasteiger partial charge is 0.356 e. The highest BCUT2D eigenvalue weighted by molar-refractivity contribution is 5.85. The number of nitrogens with zero attached hydrogens (tertiary/aromatic N) is 1. The molecule has 2 aliphatic rings. The van der Waals surface area contributed by atoms with E-state index in [1.807, 2.05) is 4.90 Å². The summed E-state index contributed by atoms with van der Waals surface area (Å²) >= 11 is 0. The van der Waals surface area contributed by atoms with Crippen LogP contribution < -0.4 is 10.6 Å². The molecule has 22 heavy (non-hydrogen) atoms. The molecule has 6 heteroatoms. The standard InChI is InChI=1S/C16H29N3O2.ClH/c1-2-3-8-18-15(20)14-5-4-11-19(12-14)16(21)13-6-9-17-10-7-13;/h13-14,17H,2-12H2,1H3,(H,18,20);1H. The van der Waals surface area contributed by atoms with Crippen molar-refractivity contribution in [2.45, 2.75) is 45.4 Å². The van der Waals surface area contributed by atoms with Crippen LogP contribution >= 0.6 is 12.4 Å². The Labute approximate surface area is 140 Å². The minimum atomic E-state index is -0.0127. The molecule has 5 nitrogen and oxygen atoms in total.